The summed E-state index contributed by atoms with van der Waals surface area (Å²) in [5.74, 6) is 1.70. The van der Waals surface area contributed by atoms with Crippen molar-refractivity contribution in [2.75, 3.05) is 32.7 Å². The van der Waals surface area contributed by atoms with Crippen LogP contribution < -0.4 is 0 Å². The molecule has 1 atom stereocenters. The highest BCUT2D eigenvalue weighted by Gasteiger charge is 2.35. The fourth-order valence-electron chi connectivity index (χ4n) is 4.03. The zero-order chi connectivity index (χ0) is 14.4. The van der Waals surface area contributed by atoms with Crippen LogP contribution in [0.15, 0.2) is 4.47 Å². The van der Waals surface area contributed by atoms with E-state index in [2.05, 4.69) is 30.7 Å². The number of rotatable bonds is 2. The zero-order valence-electron chi connectivity index (χ0n) is 12.1. The molecule has 4 nitrogen and oxygen atoms in total. The van der Waals surface area contributed by atoms with Crippen LogP contribution in [0.4, 0.5) is 0 Å². The van der Waals surface area contributed by atoms with Crippen LogP contribution in [0.5, 0.6) is 0 Å². The van der Waals surface area contributed by atoms with Crippen LogP contribution in [-0.4, -0.2) is 52.5 Å². The van der Waals surface area contributed by atoms with E-state index >= 15 is 0 Å². The van der Waals surface area contributed by atoms with E-state index in [4.69, 9.17) is 17.2 Å². The van der Waals surface area contributed by atoms with Crippen molar-refractivity contribution < 1.29 is 0 Å². The van der Waals surface area contributed by atoms with Gasteiger partial charge in [-0.25, -0.2) is 4.98 Å². The first-order valence-electron chi connectivity index (χ1n) is 7.98. The summed E-state index contributed by atoms with van der Waals surface area (Å²) in [4.78, 5) is 13.4. The summed E-state index contributed by atoms with van der Waals surface area (Å²) in [7, 11) is 0. The molecule has 114 valence electrons. The number of aromatic amines is 1. The Balaban J connectivity index is 1.70. The average molecular weight is 369 g/mol. The van der Waals surface area contributed by atoms with Crippen molar-refractivity contribution in [2.24, 2.45) is 0 Å². The second kappa shape index (κ2) is 5.72. The number of fused-ring (bicyclic) bond motifs is 3. The lowest BCUT2D eigenvalue weighted by atomic mass is 10.0. The lowest BCUT2D eigenvalue weighted by molar-refractivity contribution is 0.00846. The number of hydrogen-bond donors (Lipinski definition) is 1. The molecule has 3 aliphatic heterocycles. The van der Waals surface area contributed by atoms with Crippen molar-refractivity contribution >= 4 is 28.1 Å². The normalized spacial score (nSPS) is 32.7. The van der Waals surface area contributed by atoms with E-state index in [1.807, 2.05) is 0 Å². The van der Waals surface area contributed by atoms with Crippen molar-refractivity contribution in [3.8, 4) is 0 Å². The smallest absolute Gasteiger partial charge is 0.144 e. The molecule has 1 saturated carbocycles. The molecule has 4 aliphatic rings. The molecule has 0 amide bonds. The van der Waals surface area contributed by atoms with E-state index in [1.165, 1.54) is 44.5 Å². The molecule has 6 heteroatoms. The maximum atomic E-state index is 5.51. The topological polar surface area (TPSA) is 35.2 Å². The highest BCUT2D eigenvalue weighted by molar-refractivity contribution is 9.10. The molecule has 1 aromatic heterocycles. The number of piperazine rings is 3. The Morgan fingerprint density at radius 2 is 1.86 bits per heavy atom. The van der Waals surface area contributed by atoms with Gasteiger partial charge in [-0.3, -0.25) is 9.80 Å². The van der Waals surface area contributed by atoms with Crippen LogP contribution in [0.3, 0.4) is 0 Å². The molecule has 4 heterocycles. The Morgan fingerprint density at radius 1 is 1.14 bits per heavy atom. The van der Waals surface area contributed by atoms with Gasteiger partial charge in [0.25, 0.3) is 0 Å². The van der Waals surface area contributed by atoms with Gasteiger partial charge in [0, 0.05) is 44.3 Å². The van der Waals surface area contributed by atoms with Gasteiger partial charge in [0.1, 0.15) is 10.5 Å². The van der Waals surface area contributed by atoms with Gasteiger partial charge in [-0.2, -0.15) is 0 Å². The molecule has 0 spiro atoms. The third-order valence-corrected chi connectivity index (χ3v) is 6.63. The molecule has 1 unspecified atom stereocenters. The largest absolute Gasteiger partial charge is 0.344 e. The van der Waals surface area contributed by atoms with E-state index in [0.717, 1.165) is 34.6 Å². The summed E-state index contributed by atoms with van der Waals surface area (Å²) < 4.78 is 1.74. The van der Waals surface area contributed by atoms with Gasteiger partial charge >= 0.3 is 0 Å². The number of H-pyrrole nitrogens is 1. The van der Waals surface area contributed by atoms with Crippen molar-refractivity contribution in [1.29, 1.82) is 0 Å². The number of hydrogen-bond acceptors (Lipinski definition) is 4. The molecular weight excluding hydrogens is 348 g/mol. The Labute approximate surface area is 139 Å². The minimum absolute atomic E-state index is 0.391. The van der Waals surface area contributed by atoms with E-state index in [1.54, 1.807) is 0 Å². The standard InChI is InChI=1S/C15H21BrN4S/c16-12-13(10-3-1-2-4-10)17-14(18-15(12)21)11-9-19-5-7-20(11)8-6-19/h10-11H,1-9H2,(H,17,18,21). The Bertz CT molecular complexity index is 588. The third kappa shape index (κ3) is 2.60. The van der Waals surface area contributed by atoms with Crippen molar-refractivity contribution in [3.63, 3.8) is 0 Å². The average Bonchev–Trinajstić information content (AvgIpc) is 3.05. The number of nitrogens with one attached hydrogen (secondary N) is 1. The van der Waals surface area contributed by atoms with Crippen molar-refractivity contribution in [2.45, 2.75) is 37.6 Å². The van der Waals surface area contributed by atoms with E-state index in [0.29, 0.717) is 12.0 Å². The van der Waals surface area contributed by atoms with Gasteiger partial charge in [-0.1, -0.05) is 25.1 Å². The van der Waals surface area contributed by atoms with Gasteiger partial charge in [-0.15, -0.1) is 0 Å². The number of halogens is 1. The Kier molecular flexibility index (Phi) is 3.90. The summed E-state index contributed by atoms with van der Waals surface area (Å²) >= 11 is 9.18. The highest BCUT2D eigenvalue weighted by atomic mass is 79.9. The van der Waals surface area contributed by atoms with E-state index in [9.17, 15) is 0 Å². The maximum Gasteiger partial charge on any atom is 0.144 e. The maximum absolute atomic E-state index is 5.51. The second-order valence-electron chi connectivity index (χ2n) is 6.49. The summed E-state index contributed by atoms with van der Waals surface area (Å²) in [5, 5.41) is 0. The predicted octanol–water partition coefficient (Wildman–Crippen LogP) is 3.23. The molecular formula is C15H21BrN4S. The monoisotopic (exact) mass is 368 g/mol. The summed E-state index contributed by atoms with van der Waals surface area (Å²) in [6, 6.07) is 0.391. The summed E-state index contributed by atoms with van der Waals surface area (Å²) in [6.45, 7) is 5.79. The van der Waals surface area contributed by atoms with Crippen LogP contribution >= 0.6 is 28.1 Å². The van der Waals surface area contributed by atoms with E-state index in [-0.39, 0.29) is 0 Å². The molecule has 4 fully saturated rings. The number of nitrogens with zero attached hydrogens (tertiary/aromatic N) is 3. The second-order valence-corrected chi connectivity index (χ2v) is 7.67. The highest BCUT2D eigenvalue weighted by Crippen LogP contribution is 2.38. The predicted molar refractivity (Wildman–Crippen MR) is 89.1 cm³/mol. The molecule has 0 aromatic carbocycles. The lowest BCUT2D eigenvalue weighted by Gasteiger charge is -2.47. The van der Waals surface area contributed by atoms with Gasteiger partial charge < -0.3 is 4.98 Å². The van der Waals surface area contributed by atoms with Gasteiger partial charge in [-0.05, 0) is 28.8 Å². The Hall–Kier alpha value is -0.300. The fourth-order valence-corrected chi connectivity index (χ4v) is 4.74. The molecule has 21 heavy (non-hydrogen) atoms. The molecule has 1 aliphatic carbocycles. The van der Waals surface area contributed by atoms with E-state index < -0.39 is 0 Å². The minimum atomic E-state index is 0.391. The van der Waals surface area contributed by atoms with Crippen molar-refractivity contribution in [1.82, 2.24) is 19.8 Å². The first-order chi connectivity index (χ1) is 10.2. The van der Waals surface area contributed by atoms with Gasteiger partial charge in [0.15, 0.2) is 0 Å². The van der Waals surface area contributed by atoms with Gasteiger partial charge in [0.05, 0.1) is 10.5 Å². The first-order valence-corrected chi connectivity index (χ1v) is 9.18. The lowest BCUT2D eigenvalue weighted by Crippen LogP contribution is -2.57. The number of aromatic nitrogens is 2. The fraction of sp³-hybridized carbons (Fsp3) is 0.733. The molecule has 2 bridgehead atoms. The van der Waals surface area contributed by atoms with Crippen LogP contribution in [0.2, 0.25) is 0 Å². The van der Waals surface area contributed by atoms with Crippen LogP contribution in [0.1, 0.15) is 49.2 Å². The van der Waals surface area contributed by atoms with Gasteiger partial charge in [0.2, 0.25) is 0 Å². The Morgan fingerprint density at radius 3 is 2.48 bits per heavy atom. The molecule has 5 rings (SSSR count). The summed E-state index contributed by atoms with van der Waals surface area (Å²) in [6.07, 6.45) is 5.21. The molecule has 1 N–H and O–H groups in total. The SMILES string of the molecule is S=c1nc(C2CN3CCN2CC3)[nH]c(C2CCCC2)c1Br. The molecule has 0 radical (unpaired) electrons. The summed E-state index contributed by atoms with van der Waals surface area (Å²) in [5.41, 5.74) is 1.29. The first kappa shape index (κ1) is 14.3. The zero-order valence-corrected chi connectivity index (χ0v) is 14.5. The molecule has 3 saturated heterocycles. The minimum Gasteiger partial charge on any atom is -0.344 e. The van der Waals surface area contributed by atoms with Crippen molar-refractivity contribution in [3.05, 3.63) is 20.6 Å². The van der Waals surface area contributed by atoms with Crippen LogP contribution in [-0.2, 0) is 0 Å². The van der Waals surface area contributed by atoms with Crippen LogP contribution in [0, 0.1) is 4.64 Å². The van der Waals surface area contributed by atoms with Crippen LogP contribution in [0.25, 0.3) is 0 Å². The quantitative estimate of drug-likeness (QED) is 0.812. The third-order valence-electron chi connectivity index (χ3n) is 5.27. The molecule has 1 aromatic rings.